The number of hydrogen-bond acceptors (Lipinski definition) is 13. The number of Topliss-reactive ketones (excluding diaryl/α,β-unsaturated/α-hetero) is 1. The van der Waals surface area contributed by atoms with E-state index in [-0.39, 0.29) is 77.7 Å². The zero-order valence-corrected chi connectivity index (χ0v) is 50.2. The second-order valence-corrected chi connectivity index (χ2v) is 32.8. The number of esters is 2. The quantitative estimate of drug-likeness (QED) is 0.0898. The maximum atomic E-state index is 17.4. The Bertz CT molecular complexity index is 3480. The molecule has 9 bridgehead atoms. The van der Waals surface area contributed by atoms with E-state index >= 15 is 14.4 Å². The molecule has 0 radical (unpaired) electrons. The molecule has 13 heteroatoms. The Balaban J connectivity index is 0.848. The van der Waals surface area contributed by atoms with Gasteiger partial charge in [-0.2, -0.15) is 0 Å². The molecule has 454 valence electrons. The number of aliphatic hydroxyl groups is 3. The van der Waals surface area contributed by atoms with Gasteiger partial charge in [0.25, 0.3) is 0 Å². The molecule has 1 aromatic carbocycles. The molecule has 2 aromatic rings. The molecule has 1 aromatic heterocycles. The lowest BCUT2D eigenvalue weighted by Gasteiger charge is -2.75. The summed E-state index contributed by atoms with van der Waals surface area (Å²) in [5.74, 6) is 6.47. The standard InChI is InChI=1S/C73H86N2O11/c1-65-24-20-47-30-46-21-25-67-23-6-9-44(67)17-19-51-50-32-66(2)71-45(16-13-43-35-82-55(56(43)71)31-49(54(77)34-76)41-14-18-48-42(29-41)22-26-75-37-74-33-53(48)75)15-12-40-11-10-39(27-38-7-4-3-5-8-38)28-52(40)70(73(66)62(84-73)64(81)85-71)58(50)68(59(65)57(78)61(70)79)36-83-63(80)60(69(46,51)67)72(47,68)86-65/h3-5,7-8,20,22,26,35,39-42,44-46,48-54,58-62,74,76-77,79H,6,9-11,13-14,16-19,21,23-25,27-34,36-37H2,1-2H3/t39-,40-,41-,42+,44-,45-,46-,48-,49-,50+,51-,52+,53-,54+,58+,59+,60-,61+,62+,65-,66-,67+,68+,69-,70-,71-,72-,73+/m0/s1. The largest absolute Gasteiger partial charge is 0.469 e. The fourth-order valence-corrected chi connectivity index (χ4v) is 29.3. The molecular weight excluding hydrogens is 1080 g/mol. The molecule has 7 spiro atoms. The van der Waals surface area contributed by atoms with Gasteiger partial charge in [-0.3, -0.25) is 14.9 Å². The maximum absolute atomic E-state index is 17.4. The summed E-state index contributed by atoms with van der Waals surface area (Å²) in [4.78, 5) is 52.5. The van der Waals surface area contributed by atoms with Crippen LogP contribution in [0.4, 0.5) is 0 Å². The number of hydrogen-bond donors (Lipinski definition) is 4. The van der Waals surface area contributed by atoms with Crippen molar-refractivity contribution in [3.63, 3.8) is 0 Å². The van der Waals surface area contributed by atoms with Gasteiger partial charge in [-0.05, 0) is 221 Å². The van der Waals surface area contributed by atoms with Crippen molar-refractivity contribution in [3.8, 4) is 11.8 Å². The molecule has 11 aliphatic carbocycles. The number of allylic oxidation sites excluding steroid dienone is 1. The van der Waals surface area contributed by atoms with Gasteiger partial charge < -0.3 is 43.6 Å². The summed E-state index contributed by atoms with van der Waals surface area (Å²) < 4.78 is 38.1. The highest BCUT2D eigenvalue weighted by Crippen LogP contribution is 2.94. The number of nitrogens with zero attached hydrogens (tertiary/aromatic N) is 1. The number of epoxide rings is 1. The number of ketones is 1. The average Bonchev–Trinajstić information content (AvgIpc) is 1.41. The molecular formula is C73H86N2O11. The van der Waals surface area contributed by atoms with Crippen LogP contribution in [-0.4, -0.2) is 106 Å². The topological polar surface area (TPSA) is 181 Å². The highest BCUT2D eigenvalue weighted by molar-refractivity contribution is 5.94. The smallest absolute Gasteiger partial charge is 0.339 e. The minimum Gasteiger partial charge on any atom is -0.469 e. The predicted molar refractivity (Wildman–Crippen MR) is 311 cm³/mol. The van der Waals surface area contributed by atoms with Gasteiger partial charge in [0.2, 0.25) is 0 Å². The van der Waals surface area contributed by atoms with Crippen LogP contribution >= 0.6 is 0 Å². The lowest BCUT2D eigenvalue weighted by molar-refractivity contribution is -0.322. The van der Waals surface area contributed by atoms with E-state index < -0.39 is 92.0 Å². The third kappa shape index (κ3) is 5.42. The van der Waals surface area contributed by atoms with E-state index in [2.05, 4.69) is 84.6 Å². The Kier molecular flexibility index (Phi) is 10.3. The monoisotopic (exact) mass is 1170 g/mol. The third-order valence-corrected chi connectivity index (χ3v) is 31.1. The molecule has 9 saturated carbocycles. The number of fused-ring (bicyclic) bond motifs is 8. The number of furan rings is 1. The third-order valence-electron chi connectivity index (χ3n) is 31.1. The van der Waals surface area contributed by atoms with Crippen LogP contribution in [0.15, 0.2) is 64.9 Å². The summed E-state index contributed by atoms with van der Waals surface area (Å²) in [5.41, 5.74) is -4.92. The van der Waals surface area contributed by atoms with Crippen LogP contribution in [0.3, 0.4) is 0 Å². The Morgan fingerprint density at radius 3 is 2.64 bits per heavy atom. The Hall–Kier alpha value is -4.29. The first-order valence-corrected chi connectivity index (χ1v) is 34.5. The van der Waals surface area contributed by atoms with Crippen LogP contribution in [0, 0.1) is 128 Å². The van der Waals surface area contributed by atoms with Gasteiger partial charge in [0.1, 0.15) is 29.7 Å². The molecule has 86 heavy (non-hydrogen) atoms. The molecule has 13 nitrogen and oxygen atoms in total. The number of aliphatic hydroxyl groups excluding tert-OH is 3. The van der Waals surface area contributed by atoms with Gasteiger partial charge in [-0.1, -0.05) is 67.7 Å². The molecule has 0 amide bonds. The van der Waals surface area contributed by atoms with Crippen molar-refractivity contribution < 1.29 is 53.1 Å². The van der Waals surface area contributed by atoms with Crippen LogP contribution in [0.1, 0.15) is 145 Å². The summed E-state index contributed by atoms with van der Waals surface area (Å²) in [6, 6.07) is 11.2. The number of nitrogens with one attached hydrogen (secondary N) is 1. The Labute approximate surface area is 504 Å². The van der Waals surface area contributed by atoms with Crippen LogP contribution in [0.25, 0.3) is 0 Å². The molecule has 20 rings (SSSR count). The molecule has 14 fully saturated rings. The molecule has 28 atom stereocenters. The van der Waals surface area contributed by atoms with Gasteiger partial charge in [-0.25, -0.2) is 4.79 Å². The van der Waals surface area contributed by atoms with Crippen molar-refractivity contribution in [2.24, 2.45) is 116 Å². The molecule has 5 saturated heterocycles. The summed E-state index contributed by atoms with van der Waals surface area (Å²) in [6.45, 7) is 6.02. The molecule has 4 N–H and O–H groups in total. The second-order valence-electron chi connectivity index (χ2n) is 32.8. The van der Waals surface area contributed by atoms with Crippen molar-refractivity contribution in [2.75, 3.05) is 26.4 Å². The van der Waals surface area contributed by atoms with E-state index in [1.165, 1.54) is 11.1 Å². The van der Waals surface area contributed by atoms with Gasteiger partial charge in [0, 0.05) is 41.3 Å². The highest BCUT2D eigenvalue weighted by atomic mass is 16.7. The number of cyclic esters (lactones) is 1. The van der Waals surface area contributed by atoms with Gasteiger partial charge in [0.15, 0.2) is 17.5 Å². The van der Waals surface area contributed by atoms with Gasteiger partial charge in [-0.15, -0.1) is 0 Å². The van der Waals surface area contributed by atoms with Gasteiger partial charge in [0.05, 0.1) is 54.4 Å². The zero-order valence-electron chi connectivity index (χ0n) is 50.2. The number of rotatable bonds is 7. The Morgan fingerprint density at radius 2 is 1.77 bits per heavy atom. The van der Waals surface area contributed by atoms with Crippen LogP contribution < -0.4 is 5.32 Å². The summed E-state index contributed by atoms with van der Waals surface area (Å²) in [7, 11) is 0. The van der Waals surface area contributed by atoms with Crippen molar-refractivity contribution in [2.45, 2.75) is 189 Å². The molecule has 8 heterocycles. The highest BCUT2D eigenvalue weighted by Gasteiger charge is 3.01. The summed E-state index contributed by atoms with van der Waals surface area (Å²) in [5, 5.41) is 42.0. The van der Waals surface area contributed by atoms with E-state index in [4.69, 9.17) is 23.4 Å². The van der Waals surface area contributed by atoms with Crippen molar-refractivity contribution in [1.82, 2.24) is 10.2 Å². The number of carbonyl (C=O) groups excluding carboxylic acids is 3. The first-order chi connectivity index (χ1) is 41.7. The zero-order chi connectivity index (χ0) is 57.7. The number of ether oxygens (including phenoxy) is 4. The SMILES string of the molecule is C[C@]12C[C@H]3[C@@H]4[C@@]56COC(=O)[C@H]7[C@@]89[C@@H](CC[C@@]8%10CCC[C@H]%10CC[C@@H]39)CC3=CC[C@](C)(O[C@@]375)[C@H]6C(=O)[C@@H](O)[C@]43[C@@H]4C[C@H](Cc5ccccc5)CC[C@H]4C#C[C@H]4CCc5coc(C[C@@H]([C@H]6CC[C@H]7[C@H](C=CN8CNC[C@@H]78)C6)[C@H](O)CO)c5[C@@]41OC(=O)[C@H]1O[C@@]132. The Morgan fingerprint density at radius 1 is 0.884 bits per heavy atom. The number of benzene rings is 1. The van der Waals surface area contributed by atoms with Crippen molar-refractivity contribution in [1.29, 1.82) is 0 Å². The first kappa shape index (κ1) is 52.5. The molecule has 0 unspecified atom stereocenters. The van der Waals surface area contributed by atoms with Crippen LogP contribution in [0.2, 0.25) is 0 Å². The minimum atomic E-state index is -1.55. The van der Waals surface area contributed by atoms with Crippen molar-refractivity contribution >= 4 is 17.7 Å². The lowest BCUT2D eigenvalue weighted by atomic mass is 9.27. The summed E-state index contributed by atoms with van der Waals surface area (Å²) in [6.07, 6.45) is 22.6. The number of aryl methyl sites for hydroxylation is 1. The van der Waals surface area contributed by atoms with Crippen LogP contribution in [0.5, 0.6) is 0 Å². The molecule has 7 aliphatic heterocycles. The van der Waals surface area contributed by atoms with E-state index in [9.17, 15) is 15.3 Å². The number of carbonyl (C=O) groups is 3. The second kappa shape index (κ2) is 16.8. The maximum Gasteiger partial charge on any atom is 0.339 e. The van der Waals surface area contributed by atoms with E-state index in [1.54, 1.807) is 0 Å². The fraction of sp³-hybridized carbons (Fsp3) is 0.740. The van der Waals surface area contributed by atoms with E-state index in [0.717, 1.165) is 114 Å². The van der Waals surface area contributed by atoms with Crippen molar-refractivity contribution in [3.05, 3.63) is 83.0 Å². The average molecular weight is 1170 g/mol. The van der Waals surface area contributed by atoms with Gasteiger partial charge >= 0.3 is 11.9 Å². The lowest BCUT2D eigenvalue weighted by Crippen LogP contribution is -2.84. The normalized spacial score (nSPS) is 54.8. The first-order valence-electron chi connectivity index (χ1n) is 34.5. The predicted octanol–water partition coefficient (Wildman–Crippen LogP) is 8.54. The minimum absolute atomic E-state index is 0.0240. The molecule has 18 aliphatic rings. The van der Waals surface area contributed by atoms with E-state index in [0.29, 0.717) is 68.1 Å². The van der Waals surface area contributed by atoms with Crippen LogP contribution in [-0.2, 0) is 58.2 Å². The van der Waals surface area contributed by atoms with E-state index in [1.807, 2.05) is 6.26 Å². The summed E-state index contributed by atoms with van der Waals surface area (Å²) >= 11 is 0. The fourth-order valence-electron chi connectivity index (χ4n) is 29.3.